The Morgan fingerprint density at radius 2 is 2.28 bits per heavy atom. The monoisotopic (exact) mass is 312 g/mol. The molecule has 3 unspecified atom stereocenters. The lowest BCUT2D eigenvalue weighted by Gasteiger charge is -2.24. The summed E-state index contributed by atoms with van der Waals surface area (Å²) in [5.41, 5.74) is 1.05. The summed E-state index contributed by atoms with van der Waals surface area (Å²) in [4.78, 5) is 2.48. The van der Waals surface area contributed by atoms with Gasteiger partial charge in [0, 0.05) is 23.6 Å². The van der Waals surface area contributed by atoms with E-state index in [1.807, 2.05) is 0 Å². The second kappa shape index (κ2) is 4.91. The number of rotatable bonds is 2. The minimum Gasteiger partial charge on any atom is -0.316 e. The lowest BCUT2D eigenvalue weighted by molar-refractivity contribution is 0.231. The summed E-state index contributed by atoms with van der Waals surface area (Å²) in [5, 5.41) is 3.46. The third-order valence-electron chi connectivity index (χ3n) is 4.44. The van der Waals surface area contributed by atoms with Gasteiger partial charge in [0.2, 0.25) is 0 Å². The highest BCUT2D eigenvalue weighted by Gasteiger charge is 2.41. The van der Waals surface area contributed by atoms with Crippen LogP contribution in [0.2, 0.25) is 0 Å². The largest absolute Gasteiger partial charge is 0.316 e. The Labute approximate surface area is 116 Å². The second-order valence-corrected chi connectivity index (χ2v) is 6.34. The highest BCUT2D eigenvalue weighted by Crippen LogP contribution is 2.34. The third kappa shape index (κ3) is 2.22. The average Bonchev–Trinajstić information content (AvgIpc) is 2.89. The average molecular weight is 313 g/mol. The van der Waals surface area contributed by atoms with Crippen LogP contribution in [0.3, 0.4) is 0 Å². The van der Waals surface area contributed by atoms with E-state index in [-0.39, 0.29) is 5.82 Å². The summed E-state index contributed by atoms with van der Waals surface area (Å²) in [5.74, 6) is 1.38. The van der Waals surface area contributed by atoms with Gasteiger partial charge < -0.3 is 5.32 Å². The van der Waals surface area contributed by atoms with E-state index in [4.69, 9.17) is 0 Å². The summed E-state index contributed by atoms with van der Waals surface area (Å²) in [6, 6.07) is 5.52. The molecule has 0 spiro atoms. The summed E-state index contributed by atoms with van der Waals surface area (Å²) < 4.78 is 14.3. The topological polar surface area (TPSA) is 15.3 Å². The van der Waals surface area contributed by atoms with Gasteiger partial charge in [-0.1, -0.05) is 15.9 Å². The Morgan fingerprint density at radius 3 is 3.06 bits per heavy atom. The number of nitrogens with one attached hydrogen (secondary N) is 1. The standard InChI is InChI=1S/C14H18BrFN2/c1-9-13-6-17-5-11(13)8-18(9)7-10-4-12(16)2-3-14(10)15/h2-4,9,11,13,17H,5-8H2,1H3. The Balaban J connectivity index is 1.75. The lowest BCUT2D eigenvalue weighted by Crippen LogP contribution is -2.32. The van der Waals surface area contributed by atoms with Gasteiger partial charge in [0.15, 0.2) is 0 Å². The van der Waals surface area contributed by atoms with Crippen molar-refractivity contribution in [2.24, 2.45) is 11.8 Å². The van der Waals surface area contributed by atoms with Gasteiger partial charge in [-0.05, 0) is 55.6 Å². The fourth-order valence-electron chi connectivity index (χ4n) is 3.35. The van der Waals surface area contributed by atoms with Crippen LogP contribution < -0.4 is 5.32 Å². The zero-order valence-electron chi connectivity index (χ0n) is 10.5. The van der Waals surface area contributed by atoms with Gasteiger partial charge in [-0.2, -0.15) is 0 Å². The smallest absolute Gasteiger partial charge is 0.123 e. The summed E-state index contributed by atoms with van der Waals surface area (Å²) in [6.07, 6.45) is 0. The van der Waals surface area contributed by atoms with Crippen LogP contribution in [0, 0.1) is 17.7 Å². The van der Waals surface area contributed by atoms with E-state index in [1.54, 1.807) is 12.1 Å². The van der Waals surface area contributed by atoms with E-state index in [9.17, 15) is 4.39 Å². The first-order valence-corrected chi connectivity index (χ1v) is 7.33. The highest BCUT2D eigenvalue weighted by molar-refractivity contribution is 9.10. The lowest BCUT2D eigenvalue weighted by atomic mass is 9.95. The Bertz CT molecular complexity index is 451. The van der Waals surface area contributed by atoms with E-state index in [0.717, 1.165) is 48.1 Å². The number of benzene rings is 1. The van der Waals surface area contributed by atoms with Crippen molar-refractivity contribution >= 4 is 15.9 Å². The molecule has 2 fully saturated rings. The molecule has 0 saturated carbocycles. The molecule has 1 N–H and O–H groups in total. The molecule has 2 nitrogen and oxygen atoms in total. The van der Waals surface area contributed by atoms with Crippen molar-refractivity contribution in [3.8, 4) is 0 Å². The summed E-state index contributed by atoms with van der Waals surface area (Å²) in [6.45, 7) is 6.53. The SMILES string of the molecule is CC1C2CNCC2CN1Cc1cc(F)ccc1Br. The van der Waals surface area contributed by atoms with Gasteiger partial charge in [-0.15, -0.1) is 0 Å². The molecule has 0 radical (unpaired) electrons. The molecule has 0 aliphatic carbocycles. The number of likely N-dealkylation sites (tertiary alicyclic amines) is 1. The second-order valence-electron chi connectivity index (χ2n) is 5.49. The normalized spacial score (nSPS) is 31.8. The van der Waals surface area contributed by atoms with Crippen molar-refractivity contribution in [3.63, 3.8) is 0 Å². The van der Waals surface area contributed by atoms with Crippen LogP contribution >= 0.6 is 15.9 Å². The Kier molecular flexibility index (Phi) is 3.43. The van der Waals surface area contributed by atoms with Crippen LogP contribution in [0.5, 0.6) is 0 Å². The van der Waals surface area contributed by atoms with Gasteiger partial charge in [-0.25, -0.2) is 4.39 Å². The summed E-state index contributed by atoms with van der Waals surface area (Å²) in [7, 11) is 0. The van der Waals surface area contributed by atoms with E-state index in [2.05, 4.69) is 33.1 Å². The maximum absolute atomic E-state index is 13.3. The van der Waals surface area contributed by atoms with E-state index >= 15 is 0 Å². The fourth-order valence-corrected chi connectivity index (χ4v) is 3.72. The molecule has 18 heavy (non-hydrogen) atoms. The first-order valence-electron chi connectivity index (χ1n) is 6.54. The number of hydrogen-bond acceptors (Lipinski definition) is 2. The van der Waals surface area contributed by atoms with Crippen LogP contribution in [0.15, 0.2) is 22.7 Å². The molecule has 98 valence electrons. The highest BCUT2D eigenvalue weighted by atomic mass is 79.9. The number of nitrogens with zero attached hydrogens (tertiary/aromatic N) is 1. The minimum atomic E-state index is -0.151. The van der Waals surface area contributed by atoms with Crippen molar-refractivity contribution in [1.29, 1.82) is 0 Å². The van der Waals surface area contributed by atoms with E-state index in [1.165, 1.54) is 6.07 Å². The van der Waals surface area contributed by atoms with Crippen molar-refractivity contribution in [3.05, 3.63) is 34.1 Å². The Morgan fingerprint density at radius 1 is 1.44 bits per heavy atom. The van der Waals surface area contributed by atoms with Crippen LogP contribution in [0.25, 0.3) is 0 Å². The van der Waals surface area contributed by atoms with Crippen molar-refractivity contribution in [2.45, 2.75) is 19.5 Å². The number of halogens is 2. The molecule has 0 aromatic heterocycles. The van der Waals surface area contributed by atoms with Gasteiger partial charge in [0.05, 0.1) is 0 Å². The molecular weight excluding hydrogens is 295 g/mol. The molecule has 2 saturated heterocycles. The number of fused-ring (bicyclic) bond motifs is 1. The van der Waals surface area contributed by atoms with Gasteiger partial charge in [-0.3, -0.25) is 4.90 Å². The molecule has 1 aromatic rings. The quantitative estimate of drug-likeness (QED) is 0.903. The molecule has 2 aliphatic rings. The van der Waals surface area contributed by atoms with Crippen LogP contribution in [-0.4, -0.2) is 30.6 Å². The molecule has 3 rings (SSSR count). The first kappa shape index (κ1) is 12.6. The maximum atomic E-state index is 13.3. The molecule has 0 bridgehead atoms. The molecule has 2 heterocycles. The fraction of sp³-hybridized carbons (Fsp3) is 0.571. The van der Waals surface area contributed by atoms with Gasteiger partial charge in [0.1, 0.15) is 5.82 Å². The van der Waals surface area contributed by atoms with Crippen LogP contribution in [0.4, 0.5) is 4.39 Å². The molecule has 0 amide bonds. The maximum Gasteiger partial charge on any atom is 0.123 e. The van der Waals surface area contributed by atoms with E-state index < -0.39 is 0 Å². The molecule has 4 heteroatoms. The zero-order chi connectivity index (χ0) is 12.7. The molecule has 2 aliphatic heterocycles. The van der Waals surface area contributed by atoms with Crippen molar-refractivity contribution in [1.82, 2.24) is 10.2 Å². The van der Waals surface area contributed by atoms with Crippen LogP contribution in [-0.2, 0) is 6.54 Å². The predicted molar refractivity (Wildman–Crippen MR) is 73.8 cm³/mol. The van der Waals surface area contributed by atoms with Gasteiger partial charge >= 0.3 is 0 Å². The van der Waals surface area contributed by atoms with Crippen molar-refractivity contribution in [2.75, 3.05) is 19.6 Å². The number of hydrogen-bond donors (Lipinski definition) is 1. The minimum absolute atomic E-state index is 0.151. The van der Waals surface area contributed by atoms with Gasteiger partial charge in [0.25, 0.3) is 0 Å². The first-order chi connectivity index (χ1) is 8.65. The summed E-state index contributed by atoms with van der Waals surface area (Å²) >= 11 is 3.51. The van der Waals surface area contributed by atoms with Crippen LogP contribution in [0.1, 0.15) is 12.5 Å². The predicted octanol–water partition coefficient (Wildman–Crippen LogP) is 2.63. The molecule has 3 atom stereocenters. The Hall–Kier alpha value is -0.450. The zero-order valence-corrected chi connectivity index (χ0v) is 12.1. The molecule has 1 aromatic carbocycles. The third-order valence-corrected chi connectivity index (χ3v) is 5.21. The van der Waals surface area contributed by atoms with E-state index in [0.29, 0.717) is 6.04 Å². The molecular formula is C14H18BrFN2. The van der Waals surface area contributed by atoms with Crippen molar-refractivity contribution < 1.29 is 4.39 Å².